The van der Waals surface area contributed by atoms with Crippen LogP contribution in [-0.2, 0) is 13.0 Å². The Hall–Kier alpha value is -0.940. The summed E-state index contributed by atoms with van der Waals surface area (Å²) >= 11 is 0. The Bertz CT molecular complexity index is 327. The van der Waals surface area contributed by atoms with Crippen molar-refractivity contribution < 1.29 is 0 Å². The van der Waals surface area contributed by atoms with Crippen molar-refractivity contribution in [3.05, 3.63) is 12.2 Å². The van der Waals surface area contributed by atoms with E-state index in [1.807, 2.05) is 6.33 Å². The van der Waals surface area contributed by atoms with Crippen molar-refractivity contribution >= 4 is 0 Å². The van der Waals surface area contributed by atoms with Crippen molar-refractivity contribution in [2.75, 3.05) is 32.7 Å². The molecular formula is C12H23N5. The highest BCUT2D eigenvalue weighted by Gasteiger charge is 2.11. The van der Waals surface area contributed by atoms with E-state index >= 15 is 0 Å². The van der Waals surface area contributed by atoms with Crippen LogP contribution in [0.3, 0.4) is 0 Å². The molecule has 0 unspecified atom stereocenters. The number of hydrogen-bond acceptors (Lipinski definition) is 4. The lowest BCUT2D eigenvalue weighted by molar-refractivity contribution is 0.231. The van der Waals surface area contributed by atoms with Gasteiger partial charge in [0.25, 0.3) is 0 Å². The lowest BCUT2D eigenvalue weighted by Gasteiger charge is -2.27. The van der Waals surface area contributed by atoms with E-state index in [0.717, 1.165) is 51.5 Å². The largest absolute Gasteiger partial charge is 0.316 e. The minimum atomic E-state index is 0.636. The van der Waals surface area contributed by atoms with Gasteiger partial charge in [0.1, 0.15) is 12.2 Å². The van der Waals surface area contributed by atoms with Gasteiger partial charge in [0.15, 0.2) is 0 Å². The molecule has 0 aliphatic carbocycles. The molecule has 0 bridgehead atoms. The highest BCUT2D eigenvalue weighted by atomic mass is 15.3. The summed E-state index contributed by atoms with van der Waals surface area (Å²) in [6.45, 7) is 11.1. The quantitative estimate of drug-likeness (QED) is 0.804. The van der Waals surface area contributed by atoms with Crippen LogP contribution in [0.4, 0.5) is 0 Å². The second-order valence-corrected chi connectivity index (χ2v) is 5.13. The van der Waals surface area contributed by atoms with Crippen LogP contribution in [0.2, 0.25) is 0 Å². The first-order valence-corrected chi connectivity index (χ1v) is 6.55. The molecule has 0 aromatic carbocycles. The molecule has 2 heterocycles. The topological polar surface area (TPSA) is 46.0 Å². The number of hydrogen-bond donors (Lipinski definition) is 1. The summed E-state index contributed by atoms with van der Waals surface area (Å²) in [6.07, 6.45) is 2.88. The van der Waals surface area contributed by atoms with Crippen LogP contribution in [0.1, 0.15) is 19.7 Å². The Morgan fingerprint density at radius 2 is 2.06 bits per heavy atom. The van der Waals surface area contributed by atoms with Gasteiger partial charge in [-0.25, -0.2) is 0 Å². The average molecular weight is 237 g/mol. The monoisotopic (exact) mass is 237 g/mol. The first kappa shape index (κ1) is 12.5. The van der Waals surface area contributed by atoms with Crippen molar-refractivity contribution in [2.24, 2.45) is 5.92 Å². The Kier molecular flexibility index (Phi) is 4.50. The van der Waals surface area contributed by atoms with Gasteiger partial charge in [-0.3, -0.25) is 4.90 Å². The minimum Gasteiger partial charge on any atom is -0.316 e. The minimum absolute atomic E-state index is 0.636. The zero-order valence-corrected chi connectivity index (χ0v) is 10.9. The van der Waals surface area contributed by atoms with Gasteiger partial charge >= 0.3 is 0 Å². The van der Waals surface area contributed by atoms with E-state index in [1.54, 1.807) is 0 Å². The highest BCUT2D eigenvalue weighted by molar-refractivity contribution is 4.87. The van der Waals surface area contributed by atoms with Gasteiger partial charge in [-0.1, -0.05) is 13.8 Å². The van der Waals surface area contributed by atoms with Crippen molar-refractivity contribution in [3.8, 4) is 0 Å². The first-order chi connectivity index (χ1) is 8.25. The van der Waals surface area contributed by atoms with E-state index < -0.39 is 0 Å². The van der Waals surface area contributed by atoms with E-state index in [9.17, 15) is 0 Å². The van der Waals surface area contributed by atoms with Crippen LogP contribution in [-0.4, -0.2) is 52.4 Å². The predicted molar refractivity (Wildman–Crippen MR) is 67.9 cm³/mol. The maximum Gasteiger partial charge on any atom is 0.133 e. The second kappa shape index (κ2) is 6.12. The van der Waals surface area contributed by atoms with Crippen LogP contribution < -0.4 is 5.32 Å². The zero-order chi connectivity index (χ0) is 12.1. The molecule has 5 nitrogen and oxygen atoms in total. The smallest absolute Gasteiger partial charge is 0.133 e. The Morgan fingerprint density at radius 1 is 1.29 bits per heavy atom. The maximum absolute atomic E-state index is 4.20. The second-order valence-electron chi connectivity index (χ2n) is 5.13. The number of aromatic nitrogens is 3. The fourth-order valence-corrected chi connectivity index (χ4v) is 2.17. The summed E-state index contributed by atoms with van der Waals surface area (Å²) in [5.74, 6) is 1.76. The van der Waals surface area contributed by atoms with Crippen molar-refractivity contribution in [2.45, 2.75) is 26.8 Å². The molecule has 1 fully saturated rings. The summed E-state index contributed by atoms with van der Waals surface area (Å²) in [5, 5.41) is 11.6. The summed E-state index contributed by atoms with van der Waals surface area (Å²) in [4.78, 5) is 2.50. The summed E-state index contributed by atoms with van der Waals surface area (Å²) in [7, 11) is 0. The standard InChI is InChI=1S/C12H23N5/c1-11(2)9-12-15-14-10-17(12)8-7-16-5-3-13-4-6-16/h10-11,13H,3-9H2,1-2H3. The molecule has 5 heteroatoms. The molecule has 0 spiro atoms. The van der Waals surface area contributed by atoms with Gasteiger partial charge < -0.3 is 9.88 Å². The summed E-state index contributed by atoms with van der Waals surface area (Å²) in [6, 6.07) is 0. The fraction of sp³-hybridized carbons (Fsp3) is 0.833. The van der Waals surface area contributed by atoms with Gasteiger partial charge in [0, 0.05) is 45.7 Å². The molecule has 1 aliphatic heterocycles. The number of nitrogens with zero attached hydrogens (tertiary/aromatic N) is 4. The van der Waals surface area contributed by atoms with Gasteiger partial charge in [-0.15, -0.1) is 10.2 Å². The molecule has 17 heavy (non-hydrogen) atoms. The third kappa shape index (κ3) is 3.78. The average Bonchev–Trinajstić information content (AvgIpc) is 2.74. The molecule has 1 aliphatic rings. The van der Waals surface area contributed by atoms with Crippen LogP contribution >= 0.6 is 0 Å². The number of piperazine rings is 1. The van der Waals surface area contributed by atoms with Gasteiger partial charge in [-0.2, -0.15) is 0 Å². The van der Waals surface area contributed by atoms with Crippen molar-refractivity contribution in [1.29, 1.82) is 0 Å². The van der Waals surface area contributed by atoms with Crippen LogP contribution in [0, 0.1) is 5.92 Å². The first-order valence-electron chi connectivity index (χ1n) is 6.55. The molecular weight excluding hydrogens is 214 g/mol. The third-order valence-corrected chi connectivity index (χ3v) is 3.15. The van der Waals surface area contributed by atoms with E-state index in [1.165, 1.54) is 0 Å². The van der Waals surface area contributed by atoms with E-state index in [4.69, 9.17) is 0 Å². The summed E-state index contributed by atoms with van der Waals surface area (Å²) < 4.78 is 2.20. The Balaban J connectivity index is 1.83. The lowest BCUT2D eigenvalue weighted by Crippen LogP contribution is -2.44. The van der Waals surface area contributed by atoms with Crippen LogP contribution in [0.25, 0.3) is 0 Å². The molecule has 1 N–H and O–H groups in total. The van der Waals surface area contributed by atoms with Crippen LogP contribution in [0.15, 0.2) is 6.33 Å². The van der Waals surface area contributed by atoms with Gasteiger partial charge in [-0.05, 0) is 5.92 Å². The van der Waals surface area contributed by atoms with Gasteiger partial charge in [0.05, 0.1) is 0 Å². The molecule has 1 aromatic heterocycles. The molecule has 1 aromatic rings. The molecule has 96 valence electrons. The third-order valence-electron chi connectivity index (χ3n) is 3.15. The van der Waals surface area contributed by atoms with Crippen molar-refractivity contribution in [1.82, 2.24) is 25.0 Å². The molecule has 0 saturated carbocycles. The van der Waals surface area contributed by atoms with E-state index in [0.29, 0.717) is 5.92 Å². The maximum atomic E-state index is 4.20. The Labute approximate surface area is 103 Å². The molecule has 0 amide bonds. The van der Waals surface area contributed by atoms with Crippen molar-refractivity contribution in [3.63, 3.8) is 0 Å². The van der Waals surface area contributed by atoms with Gasteiger partial charge in [0.2, 0.25) is 0 Å². The van der Waals surface area contributed by atoms with Crippen LogP contribution in [0.5, 0.6) is 0 Å². The summed E-state index contributed by atoms with van der Waals surface area (Å²) in [5.41, 5.74) is 0. The highest BCUT2D eigenvalue weighted by Crippen LogP contribution is 2.05. The molecule has 0 atom stereocenters. The SMILES string of the molecule is CC(C)Cc1nncn1CCN1CCNCC1. The molecule has 2 rings (SSSR count). The number of rotatable bonds is 5. The fourth-order valence-electron chi connectivity index (χ4n) is 2.17. The predicted octanol–water partition coefficient (Wildman–Crippen LogP) is 0.382. The Morgan fingerprint density at radius 3 is 2.76 bits per heavy atom. The normalized spacial score (nSPS) is 17.8. The van der Waals surface area contributed by atoms with E-state index in [-0.39, 0.29) is 0 Å². The molecule has 0 radical (unpaired) electrons. The van der Waals surface area contributed by atoms with E-state index in [2.05, 4.69) is 38.8 Å². The number of nitrogens with one attached hydrogen (secondary N) is 1. The zero-order valence-electron chi connectivity index (χ0n) is 10.9. The lowest BCUT2D eigenvalue weighted by atomic mass is 10.1. The molecule has 1 saturated heterocycles.